The molecule has 1 N–H and O–H groups in total. The zero-order chi connectivity index (χ0) is 6.97. The third kappa shape index (κ3) is 1.31. The highest BCUT2D eigenvalue weighted by atomic mass is 19.1. The summed E-state index contributed by atoms with van der Waals surface area (Å²) in [6.45, 7) is 0. The van der Waals surface area contributed by atoms with E-state index >= 15 is 0 Å². The summed E-state index contributed by atoms with van der Waals surface area (Å²) in [5, 5.41) is 3.36. The molecule has 1 nitrogen and oxygen atoms in total. The van der Waals surface area contributed by atoms with Crippen LogP contribution in [0, 0.1) is 0 Å². The maximum Gasteiger partial charge on any atom is 0.100 e. The van der Waals surface area contributed by atoms with Crippen LogP contribution < -0.4 is 5.32 Å². The fraction of sp³-hybridized carbons (Fsp3) is 1.00. The van der Waals surface area contributed by atoms with Crippen LogP contribution in [0.25, 0.3) is 0 Å². The summed E-state index contributed by atoms with van der Waals surface area (Å²) in [5.41, 5.74) is 0. The summed E-state index contributed by atoms with van der Waals surface area (Å²) >= 11 is 0. The van der Waals surface area contributed by atoms with Crippen molar-refractivity contribution in [1.29, 1.82) is 0 Å². The van der Waals surface area contributed by atoms with E-state index in [9.17, 15) is 4.39 Å². The van der Waals surface area contributed by atoms with E-state index in [1.165, 1.54) is 6.42 Å². The maximum atomic E-state index is 12.8. The molecule has 2 rings (SSSR count). The van der Waals surface area contributed by atoms with Crippen LogP contribution in [0.15, 0.2) is 0 Å². The van der Waals surface area contributed by atoms with Gasteiger partial charge in [0.25, 0.3) is 0 Å². The Morgan fingerprint density at radius 2 is 1.80 bits per heavy atom. The Bertz CT molecular complexity index is 124. The lowest BCUT2D eigenvalue weighted by Gasteiger charge is -2.09. The average molecular weight is 143 g/mol. The number of fused-ring (bicyclic) bond motifs is 1. The van der Waals surface area contributed by atoms with E-state index in [1.54, 1.807) is 0 Å². The van der Waals surface area contributed by atoms with Gasteiger partial charge in [0.2, 0.25) is 0 Å². The zero-order valence-electron chi connectivity index (χ0n) is 6.15. The van der Waals surface area contributed by atoms with Gasteiger partial charge in [-0.2, -0.15) is 0 Å². The summed E-state index contributed by atoms with van der Waals surface area (Å²) in [7, 11) is 0. The molecule has 0 amide bonds. The Hall–Kier alpha value is -0.110. The Labute approximate surface area is 61.0 Å². The van der Waals surface area contributed by atoms with E-state index in [2.05, 4.69) is 5.32 Å². The second kappa shape index (κ2) is 2.50. The van der Waals surface area contributed by atoms with Crippen LogP contribution in [0.4, 0.5) is 4.39 Å². The first kappa shape index (κ1) is 6.59. The number of rotatable bonds is 0. The normalized spacial score (nSPS) is 47.1. The van der Waals surface area contributed by atoms with Gasteiger partial charge >= 0.3 is 0 Å². The molecule has 0 aromatic carbocycles. The van der Waals surface area contributed by atoms with E-state index in [4.69, 9.17) is 0 Å². The van der Waals surface area contributed by atoms with Crippen LogP contribution in [0.2, 0.25) is 0 Å². The fourth-order valence-electron chi connectivity index (χ4n) is 1.85. The van der Waals surface area contributed by atoms with Crippen molar-refractivity contribution >= 4 is 0 Å². The van der Waals surface area contributed by atoms with Gasteiger partial charge < -0.3 is 5.32 Å². The van der Waals surface area contributed by atoms with Gasteiger partial charge in [0.1, 0.15) is 6.17 Å². The lowest BCUT2D eigenvalue weighted by molar-refractivity contribution is 0.275. The molecule has 0 aromatic heterocycles. The highest BCUT2D eigenvalue weighted by Crippen LogP contribution is 2.27. The van der Waals surface area contributed by atoms with Gasteiger partial charge in [-0.05, 0) is 32.1 Å². The lowest BCUT2D eigenvalue weighted by Crippen LogP contribution is -2.07. The van der Waals surface area contributed by atoms with E-state index in [0.717, 1.165) is 31.7 Å². The molecule has 10 heavy (non-hydrogen) atoms. The molecule has 1 heterocycles. The molecule has 0 spiro atoms. The topological polar surface area (TPSA) is 21.9 Å². The van der Waals surface area contributed by atoms with Crippen LogP contribution in [0.3, 0.4) is 0 Å². The molecule has 1 saturated heterocycles. The Kier molecular flexibility index (Phi) is 1.65. The summed E-state index contributed by atoms with van der Waals surface area (Å²) in [6.07, 6.45) is 4.41. The number of hydrogen-bond acceptors (Lipinski definition) is 1. The molecule has 0 radical (unpaired) electrons. The van der Waals surface area contributed by atoms with Crippen molar-refractivity contribution in [3.63, 3.8) is 0 Å². The van der Waals surface area contributed by atoms with Crippen LogP contribution >= 0.6 is 0 Å². The standard InChI is InChI=1S/C8H14FN/c9-6-2-1-3-7-8(10-7)5-4-6/h6-8,10H,1-5H2. The molecule has 0 bridgehead atoms. The van der Waals surface area contributed by atoms with Crippen molar-refractivity contribution in [2.45, 2.75) is 50.4 Å². The van der Waals surface area contributed by atoms with E-state index in [1.807, 2.05) is 0 Å². The average Bonchev–Trinajstić information content (AvgIpc) is 2.59. The molecule has 1 aliphatic carbocycles. The number of nitrogens with one attached hydrogen (secondary N) is 1. The first-order chi connectivity index (χ1) is 4.86. The highest BCUT2D eigenvalue weighted by molar-refractivity contribution is 4.98. The minimum atomic E-state index is -0.511. The monoisotopic (exact) mass is 143 g/mol. The zero-order valence-corrected chi connectivity index (χ0v) is 6.15. The third-order valence-corrected chi connectivity index (χ3v) is 2.63. The number of alkyl halides is 1. The molecule has 2 heteroatoms. The van der Waals surface area contributed by atoms with Crippen LogP contribution in [0.5, 0.6) is 0 Å². The molecule has 2 aliphatic rings. The van der Waals surface area contributed by atoms with E-state index < -0.39 is 6.17 Å². The van der Waals surface area contributed by atoms with Gasteiger partial charge in [-0.25, -0.2) is 4.39 Å². The predicted octanol–water partition coefficient (Wildman–Crippen LogP) is 1.63. The van der Waals surface area contributed by atoms with Crippen LogP contribution in [-0.4, -0.2) is 18.3 Å². The van der Waals surface area contributed by atoms with Gasteiger partial charge in [-0.1, -0.05) is 0 Å². The molecule has 58 valence electrons. The maximum absolute atomic E-state index is 12.8. The molecule has 2 fully saturated rings. The highest BCUT2D eigenvalue weighted by Gasteiger charge is 2.36. The van der Waals surface area contributed by atoms with Crippen molar-refractivity contribution in [1.82, 2.24) is 5.32 Å². The minimum Gasteiger partial charge on any atom is -0.308 e. The van der Waals surface area contributed by atoms with Crippen molar-refractivity contribution in [3.05, 3.63) is 0 Å². The lowest BCUT2D eigenvalue weighted by atomic mass is 10.00. The van der Waals surface area contributed by atoms with Gasteiger partial charge in [0.05, 0.1) is 0 Å². The van der Waals surface area contributed by atoms with Crippen LogP contribution in [0.1, 0.15) is 32.1 Å². The van der Waals surface area contributed by atoms with Gasteiger partial charge in [-0.15, -0.1) is 0 Å². The quantitative estimate of drug-likeness (QED) is 0.511. The second-order valence-electron chi connectivity index (χ2n) is 3.49. The summed E-state index contributed by atoms with van der Waals surface area (Å²) in [6, 6.07) is 1.44. The molecular weight excluding hydrogens is 129 g/mol. The van der Waals surface area contributed by atoms with Crippen LogP contribution in [-0.2, 0) is 0 Å². The van der Waals surface area contributed by atoms with Crippen molar-refractivity contribution in [2.24, 2.45) is 0 Å². The number of halogens is 1. The molecular formula is C8H14FN. The molecule has 0 aromatic rings. The largest absolute Gasteiger partial charge is 0.308 e. The Morgan fingerprint density at radius 1 is 1.00 bits per heavy atom. The third-order valence-electron chi connectivity index (χ3n) is 2.63. The van der Waals surface area contributed by atoms with Gasteiger partial charge in [-0.3, -0.25) is 0 Å². The molecule has 1 aliphatic heterocycles. The van der Waals surface area contributed by atoms with E-state index in [0.29, 0.717) is 6.04 Å². The Morgan fingerprint density at radius 3 is 2.70 bits per heavy atom. The minimum absolute atomic E-state index is 0.511. The van der Waals surface area contributed by atoms with Crippen molar-refractivity contribution in [2.75, 3.05) is 0 Å². The molecule has 3 unspecified atom stereocenters. The first-order valence-electron chi connectivity index (χ1n) is 4.26. The number of hydrogen-bond donors (Lipinski definition) is 1. The summed E-state index contributed by atoms with van der Waals surface area (Å²) in [4.78, 5) is 0. The van der Waals surface area contributed by atoms with Gasteiger partial charge in [0.15, 0.2) is 0 Å². The smallest absolute Gasteiger partial charge is 0.100 e. The second-order valence-corrected chi connectivity index (χ2v) is 3.49. The first-order valence-corrected chi connectivity index (χ1v) is 4.26. The van der Waals surface area contributed by atoms with E-state index in [-0.39, 0.29) is 0 Å². The Balaban J connectivity index is 1.83. The molecule has 3 atom stereocenters. The van der Waals surface area contributed by atoms with Gasteiger partial charge in [0, 0.05) is 12.1 Å². The summed E-state index contributed by atoms with van der Waals surface area (Å²) < 4.78 is 12.8. The molecule has 1 saturated carbocycles. The predicted molar refractivity (Wildman–Crippen MR) is 38.7 cm³/mol. The van der Waals surface area contributed by atoms with Crippen molar-refractivity contribution in [3.8, 4) is 0 Å². The fourth-order valence-corrected chi connectivity index (χ4v) is 1.85. The van der Waals surface area contributed by atoms with Crippen molar-refractivity contribution < 1.29 is 4.39 Å². The summed E-state index contributed by atoms with van der Waals surface area (Å²) in [5.74, 6) is 0. The SMILES string of the molecule is FC1CCCC2NC2CC1.